The van der Waals surface area contributed by atoms with Gasteiger partial charge in [0.2, 0.25) is 0 Å². The Kier molecular flexibility index (Phi) is 9.49. The average Bonchev–Trinajstić information content (AvgIpc) is 3.43. The summed E-state index contributed by atoms with van der Waals surface area (Å²) in [5, 5.41) is 4.85. The van der Waals surface area contributed by atoms with Crippen molar-refractivity contribution in [1.29, 1.82) is 0 Å². The lowest BCUT2D eigenvalue weighted by atomic mass is 9.95. The molecule has 5 aromatic rings. The third-order valence-corrected chi connectivity index (χ3v) is 9.04. The lowest BCUT2D eigenvalue weighted by molar-refractivity contribution is -0.136. The summed E-state index contributed by atoms with van der Waals surface area (Å²) < 4.78 is 29.3. The fourth-order valence-corrected chi connectivity index (χ4v) is 6.79. The van der Waals surface area contributed by atoms with Crippen molar-refractivity contribution in [3.8, 4) is 23.0 Å². The van der Waals surface area contributed by atoms with Crippen molar-refractivity contribution in [3.63, 3.8) is 0 Å². The molecule has 0 saturated heterocycles. The molecule has 4 aromatic carbocycles. The Morgan fingerprint density at radius 2 is 1.59 bits per heavy atom. The molecule has 1 aliphatic heterocycles. The van der Waals surface area contributed by atoms with Crippen molar-refractivity contribution in [1.82, 2.24) is 4.57 Å². The third-order valence-electron chi connectivity index (χ3n) is 8.06. The predicted octanol–water partition coefficient (Wildman–Crippen LogP) is 4.60. The number of benzene rings is 4. The number of ether oxygens (including phenoxy) is 5. The van der Waals surface area contributed by atoms with Crippen molar-refractivity contribution in [2.75, 3.05) is 40.4 Å². The number of esters is 1. The second kappa shape index (κ2) is 14.1. The summed E-state index contributed by atoms with van der Waals surface area (Å²) in [7, 11) is 5.83. The minimum atomic E-state index is -0.823. The highest BCUT2D eigenvalue weighted by Crippen LogP contribution is 2.36. The van der Waals surface area contributed by atoms with Crippen LogP contribution in [0.15, 0.2) is 99.9 Å². The number of nitrogens with zero attached hydrogens (tertiary/aromatic N) is 2. The number of carbonyl (C=O) groups is 2. The number of hydrogen-bond donors (Lipinski definition) is 1. The summed E-state index contributed by atoms with van der Waals surface area (Å²) in [5.74, 6) is 0.774. The smallest absolute Gasteiger partial charge is 0.338 e. The highest BCUT2D eigenvalue weighted by Gasteiger charge is 2.33. The van der Waals surface area contributed by atoms with E-state index in [1.165, 1.54) is 44.3 Å². The maximum Gasteiger partial charge on any atom is 0.338 e. The molecule has 6 rings (SSSR count). The summed E-state index contributed by atoms with van der Waals surface area (Å²) >= 11 is 1.19. The molecule has 0 fully saturated rings. The van der Waals surface area contributed by atoms with Gasteiger partial charge in [-0.05, 0) is 59.8 Å². The Bertz CT molecular complexity index is 2300. The lowest BCUT2D eigenvalue weighted by Gasteiger charge is -2.25. The maximum absolute atomic E-state index is 14.0. The van der Waals surface area contributed by atoms with Gasteiger partial charge in [-0.15, -0.1) is 0 Å². The van der Waals surface area contributed by atoms with Gasteiger partial charge in [-0.3, -0.25) is 14.2 Å². The van der Waals surface area contributed by atoms with E-state index in [0.29, 0.717) is 54.8 Å². The molecule has 49 heavy (non-hydrogen) atoms. The van der Waals surface area contributed by atoms with Crippen LogP contribution in [0.2, 0.25) is 0 Å². The first kappa shape index (κ1) is 33.0. The molecule has 12 heteroatoms. The van der Waals surface area contributed by atoms with Gasteiger partial charge >= 0.3 is 5.97 Å². The minimum Gasteiger partial charge on any atom is -0.493 e. The highest BCUT2D eigenvalue weighted by atomic mass is 32.1. The van der Waals surface area contributed by atoms with Crippen LogP contribution in [-0.4, -0.2) is 51.5 Å². The largest absolute Gasteiger partial charge is 0.493 e. The minimum absolute atomic E-state index is 0.237. The van der Waals surface area contributed by atoms with E-state index in [9.17, 15) is 14.4 Å². The van der Waals surface area contributed by atoms with E-state index >= 15 is 0 Å². The van der Waals surface area contributed by atoms with Crippen LogP contribution in [0.1, 0.15) is 24.1 Å². The Hall–Kier alpha value is -5.88. The lowest BCUT2D eigenvalue weighted by Crippen LogP contribution is -2.39. The monoisotopic (exact) mass is 679 g/mol. The summed E-state index contributed by atoms with van der Waals surface area (Å²) in [6.07, 6.45) is 1.71. The summed E-state index contributed by atoms with van der Waals surface area (Å²) in [4.78, 5) is 44.9. The van der Waals surface area contributed by atoms with E-state index < -0.39 is 12.0 Å². The van der Waals surface area contributed by atoms with Gasteiger partial charge in [0, 0.05) is 11.1 Å². The van der Waals surface area contributed by atoms with Gasteiger partial charge in [0.25, 0.3) is 11.5 Å². The van der Waals surface area contributed by atoms with Crippen LogP contribution in [0.4, 0.5) is 5.69 Å². The Labute approximate surface area is 285 Å². The van der Waals surface area contributed by atoms with Gasteiger partial charge in [0.15, 0.2) is 34.4 Å². The van der Waals surface area contributed by atoms with Crippen LogP contribution in [0.3, 0.4) is 0 Å². The molecule has 2 heterocycles. The Balaban J connectivity index is 1.30. The fourth-order valence-electron chi connectivity index (χ4n) is 5.74. The molecule has 1 amide bonds. The first-order chi connectivity index (χ1) is 23.8. The molecule has 1 atom stereocenters. The number of fused-ring (bicyclic) bond motifs is 2. The number of thiazole rings is 1. The first-order valence-corrected chi connectivity index (χ1v) is 16.0. The molecule has 0 aliphatic carbocycles. The van der Waals surface area contributed by atoms with Gasteiger partial charge in [0.1, 0.15) is 0 Å². The van der Waals surface area contributed by atoms with Crippen molar-refractivity contribution < 1.29 is 33.3 Å². The van der Waals surface area contributed by atoms with Crippen molar-refractivity contribution in [3.05, 3.63) is 121 Å². The van der Waals surface area contributed by atoms with Gasteiger partial charge < -0.3 is 29.0 Å². The molecule has 1 aliphatic rings. The van der Waals surface area contributed by atoms with Crippen LogP contribution in [0.5, 0.6) is 23.0 Å². The zero-order valence-corrected chi connectivity index (χ0v) is 28.3. The molecule has 1 aromatic heterocycles. The van der Waals surface area contributed by atoms with E-state index in [-0.39, 0.29) is 23.6 Å². The predicted molar refractivity (Wildman–Crippen MR) is 186 cm³/mol. The van der Waals surface area contributed by atoms with E-state index in [2.05, 4.69) is 10.3 Å². The zero-order chi connectivity index (χ0) is 34.7. The number of anilines is 1. The molecule has 0 saturated carbocycles. The number of nitrogens with one attached hydrogen (secondary N) is 1. The van der Waals surface area contributed by atoms with Crippen LogP contribution < -0.4 is 39.2 Å². The number of rotatable bonds is 10. The van der Waals surface area contributed by atoms with E-state index in [1.807, 2.05) is 42.5 Å². The number of aromatic nitrogens is 1. The van der Waals surface area contributed by atoms with Gasteiger partial charge in [0.05, 0.1) is 50.3 Å². The summed E-state index contributed by atoms with van der Waals surface area (Å²) in [6.45, 7) is 1.47. The second-order valence-electron chi connectivity index (χ2n) is 11.0. The topological polar surface area (TPSA) is 127 Å². The van der Waals surface area contributed by atoms with Crippen molar-refractivity contribution in [2.45, 2.75) is 13.0 Å². The van der Waals surface area contributed by atoms with Crippen molar-refractivity contribution in [2.24, 2.45) is 4.99 Å². The number of amides is 1. The van der Waals surface area contributed by atoms with E-state index in [0.717, 1.165) is 10.8 Å². The van der Waals surface area contributed by atoms with Gasteiger partial charge in [-0.1, -0.05) is 59.9 Å². The number of hydrogen-bond acceptors (Lipinski definition) is 10. The van der Waals surface area contributed by atoms with Crippen LogP contribution >= 0.6 is 11.3 Å². The van der Waals surface area contributed by atoms with Crippen LogP contribution in [-0.2, 0) is 14.3 Å². The molecule has 0 radical (unpaired) electrons. The SMILES string of the molecule is COC(=O)C1=C(C)N=c2sc(=Cc3ccc(OCC(=O)Nc4cccc5ccccc45)c(OC)c3)c(=O)n2C1c1ccc(OC)c(OC)c1. The molecule has 11 nitrogen and oxygen atoms in total. The number of allylic oxidation sites excluding steroid dienone is 1. The summed E-state index contributed by atoms with van der Waals surface area (Å²) in [6, 6.07) is 23.0. The standard InChI is InChI=1S/C37H33N3O8S/c1-21-33(36(43)47-5)34(24-14-16-27(44-2)30(19-24)46-4)40-35(42)31(49-37(40)38-21)18-22-13-15-28(29(17-22)45-3)48-20-32(41)39-26-12-8-10-23-9-6-7-11-25(23)26/h6-19,34H,20H2,1-5H3,(H,39,41). The fraction of sp³-hybridized carbons (Fsp3) is 0.189. The molecule has 0 spiro atoms. The molecular formula is C37H33N3O8S. The second-order valence-corrected chi connectivity index (χ2v) is 12.0. The molecule has 250 valence electrons. The quantitative estimate of drug-likeness (QED) is 0.212. The van der Waals surface area contributed by atoms with Crippen LogP contribution in [0.25, 0.3) is 16.8 Å². The van der Waals surface area contributed by atoms with E-state index in [1.54, 1.807) is 49.4 Å². The number of carbonyl (C=O) groups excluding carboxylic acids is 2. The van der Waals surface area contributed by atoms with E-state index in [4.69, 9.17) is 23.7 Å². The molecular weight excluding hydrogens is 646 g/mol. The average molecular weight is 680 g/mol. The summed E-state index contributed by atoms with van der Waals surface area (Å²) in [5.41, 5.74) is 2.29. The highest BCUT2D eigenvalue weighted by molar-refractivity contribution is 7.07. The molecule has 1 unspecified atom stereocenters. The first-order valence-electron chi connectivity index (χ1n) is 15.2. The Morgan fingerprint density at radius 1 is 0.878 bits per heavy atom. The zero-order valence-electron chi connectivity index (χ0n) is 27.4. The van der Waals surface area contributed by atoms with Crippen LogP contribution in [0, 0.1) is 0 Å². The normalized spacial score (nSPS) is 14.1. The third kappa shape index (κ3) is 6.50. The number of methoxy groups -OCH3 is 4. The van der Waals surface area contributed by atoms with Gasteiger partial charge in [-0.25, -0.2) is 9.79 Å². The van der Waals surface area contributed by atoms with Gasteiger partial charge in [-0.2, -0.15) is 0 Å². The van der Waals surface area contributed by atoms with Crippen molar-refractivity contribution >= 4 is 45.7 Å². The molecule has 0 bridgehead atoms. The maximum atomic E-state index is 14.0. The molecule has 1 N–H and O–H groups in total. The Morgan fingerprint density at radius 3 is 2.35 bits per heavy atom.